The summed E-state index contributed by atoms with van der Waals surface area (Å²) in [5.74, 6) is 0. The molecule has 2 nitrogen and oxygen atoms in total. The Balaban J connectivity index is 0. The third-order valence-electron chi connectivity index (χ3n) is 0. The van der Waals surface area contributed by atoms with Crippen LogP contribution in [0.4, 0.5) is 0 Å². The molecule has 0 saturated heterocycles. The van der Waals surface area contributed by atoms with E-state index in [1.54, 1.807) is 0 Å². The third kappa shape index (κ3) is 90.2. The summed E-state index contributed by atoms with van der Waals surface area (Å²) >= 11 is 0. The summed E-state index contributed by atoms with van der Waals surface area (Å²) < 4.78 is 0. The van der Waals surface area contributed by atoms with Crippen LogP contribution in [0.1, 0.15) is 0 Å². The molecule has 0 unspecified atom stereocenters. The van der Waals surface area contributed by atoms with Gasteiger partial charge in [-0.3, -0.25) is 5.41 Å². The van der Waals surface area contributed by atoms with Gasteiger partial charge in [-0.1, -0.05) is 0 Å². The van der Waals surface area contributed by atoms with Crippen molar-refractivity contribution in [2.75, 3.05) is 0 Å². The van der Waals surface area contributed by atoms with Gasteiger partial charge in [-0.05, 0) is 0 Å². The van der Waals surface area contributed by atoms with Gasteiger partial charge in [0, 0.05) is 21.7 Å². The summed E-state index contributed by atoms with van der Waals surface area (Å²) in [6.45, 7) is 0. The fourth-order valence-corrected chi connectivity index (χ4v) is 0. The van der Waals surface area contributed by atoms with Gasteiger partial charge in [-0.2, -0.15) is 0 Å². The summed E-state index contributed by atoms with van der Waals surface area (Å²) in [6.07, 6.45) is 0.750. The minimum atomic E-state index is 0. The molecule has 0 spiro atoms. The zero-order valence-corrected chi connectivity index (χ0v) is 3.72. The Hall–Kier alpha value is 0.184. The maximum Gasteiger partial charge on any atom is 0.0765 e. The quantitative estimate of drug-likeness (QED) is 0.237. The van der Waals surface area contributed by atoms with E-state index >= 15 is 0 Å². The van der Waals surface area contributed by atoms with Crippen LogP contribution in [0.15, 0.2) is 0 Å². The maximum atomic E-state index is 5.86. The van der Waals surface area contributed by atoms with Crippen molar-refractivity contribution in [3.05, 3.63) is 0 Å². The van der Waals surface area contributed by atoms with Gasteiger partial charge in [0.1, 0.15) is 0 Å². The number of nitrogens with two attached hydrogens (primary N) is 1. The first kappa shape index (κ1) is 8.89. The van der Waals surface area contributed by atoms with Gasteiger partial charge in [0.25, 0.3) is 0 Å². The van der Waals surface area contributed by atoms with Crippen LogP contribution in [-0.2, 0) is 21.7 Å². The first-order valence-electron chi connectivity index (χ1n) is 0.622. The molecule has 0 aromatic carbocycles. The van der Waals surface area contributed by atoms with E-state index in [0.717, 1.165) is 6.34 Å². The van der Waals surface area contributed by atoms with Gasteiger partial charge in [-0.15, -0.1) is 0 Å². The van der Waals surface area contributed by atoms with Crippen molar-refractivity contribution >= 4 is 6.34 Å². The molecule has 4 heavy (non-hydrogen) atoms. The Morgan fingerprint density at radius 3 is 1.75 bits per heavy atom. The molecule has 0 radical (unpaired) electrons. The second kappa shape index (κ2) is 10.8. The fourth-order valence-electron chi connectivity index (χ4n) is 0. The molecular weight excluding hydrogens is 87.9 g/mol. The van der Waals surface area contributed by atoms with Crippen LogP contribution >= 0.6 is 0 Å². The Morgan fingerprint density at radius 1 is 1.75 bits per heavy atom. The minimum Gasteiger partial charge on any atom is -0.390 e. The second-order valence-corrected chi connectivity index (χ2v) is 0.167. The topological polar surface area (TPSA) is 49.9 Å². The summed E-state index contributed by atoms with van der Waals surface area (Å²) in [4.78, 5) is 0. The Labute approximate surface area is 39.8 Å². The van der Waals surface area contributed by atoms with E-state index in [2.05, 4.69) is 5.73 Å². The van der Waals surface area contributed by atoms with E-state index < -0.39 is 0 Å². The summed E-state index contributed by atoms with van der Waals surface area (Å²) in [5, 5.41) is 5.86. The third-order valence-corrected chi connectivity index (χ3v) is 0. The van der Waals surface area contributed by atoms with Gasteiger partial charge >= 0.3 is 0 Å². The van der Waals surface area contributed by atoms with Crippen molar-refractivity contribution in [3.63, 3.8) is 0 Å². The maximum absolute atomic E-state index is 5.86. The van der Waals surface area contributed by atoms with E-state index in [0.29, 0.717) is 0 Å². The van der Waals surface area contributed by atoms with E-state index in [-0.39, 0.29) is 21.7 Å². The van der Waals surface area contributed by atoms with Crippen LogP contribution in [0.5, 0.6) is 0 Å². The van der Waals surface area contributed by atoms with Gasteiger partial charge in [0.05, 0.1) is 6.34 Å². The van der Waals surface area contributed by atoms with Gasteiger partial charge in [-0.25, -0.2) is 0 Å². The fraction of sp³-hybridized carbons (Fsp3) is 0. The molecule has 3 heteroatoms. The molecule has 0 fully saturated rings. The average molecular weight is 91.9 g/mol. The minimum absolute atomic E-state index is 0. The summed E-state index contributed by atoms with van der Waals surface area (Å²) in [5.41, 5.74) is 4.39. The number of hydrogen-bond donors (Lipinski definition) is 2. The zero-order valence-electron chi connectivity index (χ0n) is 2.15. The van der Waals surface area contributed by atoms with Crippen molar-refractivity contribution < 1.29 is 21.7 Å². The van der Waals surface area contributed by atoms with Gasteiger partial charge in [0.15, 0.2) is 0 Å². The van der Waals surface area contributed by atoms with Crippen LogP contribution in [0.25, 0.3) is 0 Å². The molecule has 0 atom stereocenters. The molecule has 0 saturated carbocycles. The Kier molecular flexibility index (Phi) is 24.1. The molecule has 0 aromatic rings. The average Bonchev–Trinajstić information content (AvgIpc) is 0.918. The van der Waals surface area contributed by atoms with Crippen LogP contribution in [-0.4, -0.2) is 6.34 Å². The number of rotatable bonds is 0. The molecule has 0 amide bonds. The van der Waals surface area contributed by atoms with E-state index in [4.69, 9.17) is 5.41 Å². The summed E-state index contributed by atoms with van der Waals surface area (Å²) in [6, 6.07) is 0. The molecule has 22 valence electrons. The predicted molar refractivity (Wildman–Crippen MR) is 13.0 cm³/mol. The van der Waals surface area contributed by atoms with Gasteiger partial charge in [0.2, 0.25) is 0 Å². The molecular formula is CH4N2Ti. The van der Waals surface area contributed by atoms with Crippen LogP contribution in [0, 0.1) is 5.41 Å². The molecule has 0 heterocycles. The van der Waals surface area contributed by atoms with Gasteiger partial charge < -0.3 is 5.73 Å². The largest absolute Gasteiger partial charge is 0.390 e. The normalized spacial score (nSPS) is 3.00. The second-order valence-electron chi connectivity index (χ2n) is 0.167. The van der Waals surface area contributed by atoms with Crippen LogP contribution in [0.2, 0.25) is 0 Å². The van der Waals surface area contributed by atoms with E-state index in [1.807, 2.05) is 0 Å². The number of hydrogen-bond acceptors (Lipinski definition) is 1. The smallest absolute Gasteiger partial charge is 0.0765 e. The first-order valence-corrected chi connectivity index (χ1v) is 0.622. The van der Waals surface area contributed by atoms with Crippen molar-refractivity contribution in [1.29, 1.82) is 5.41 Å². The SMILES string of the molecule is N=CN.[Ti]. The molecule has 3 N–H and O–H groups in total. The van der Waals surface area contributed by atoms with Crippen LogP contribution < -0.4 is 5.73 Å². The standard InChI is InChI=1S/CH4N2.Ti/c2-1-3;/h1H,(H3,2,3);. The van der Waals surface area contributed by atoms with E-state index in [1.165, 1.54) is 0 Å². The molecule has 0 rings (SSSR count). The molecule has 0 bridgehead atoms. The molecule has 0 aliphatic heterocycles. The van der Waals surface area contributed by atoms with Crippen LogP contribution in [0.3, 0.4) is 0 Å². The molecule has 0 aromatic heterocycles. The van der Waals surface area contributed by atoms with Crippen molar-refractivity contribution in [2.24, 2.45) is 5.73 Å². The molecule has 0 aliphatic rings. The first-order chi connectivity index (χ1) is 1.41. The predicted octanol–water partition coefficient (Wildman–Crippen LogP) is -0.450. The van der Waals surface area contributed by atoms with Crippen molar-refractivity contribution in [1.82, 2.24) is 0 Å². The zero-order chi connectivity index (χ0) is 2.71. The monoisotopic (exact) mass is 92.0 g/mol. The van der Waals surface area contributed by atoms with E-state index in [9.17, 15) is 0 Å². The molecule has 0 aliphatic carbocycles. The Bertz CT molecular complexity index is 13.5. The number of nitrogens with one attached hydrogen (secondary N) is 1. The van der Waals surface area contributed by atoms with Crippen molar-refractivity contribution in [2.45, 2.75) is 0 Å². The van der Waals surface area contributed by atoms with Crippen molar-refractivity contribution in [3.8, 4) is 0 Å². The summed E-state index contributed by atoms with van der Waals surface area (Å²) in [7, 11) is 0. The Morgan fingerprint density at radius 2 is 1.75 bits per heavy atom.